The second-order valence-electron chi connectivity index (χ2n) is 3.49. The monoisotopic (exact) mass is 229 g/mol. The summed E-state index contributed by atoms with van der Waals surface area (Å²) in [4.78, 5) is 10.3. The van der Waals surface area contributed by atoms with E-state index in [0.717, 1.165) is 5.56 Å². The van der Waals surface area contributed by atoms with Crippen LogP contribution in [0.1, 0.15) is 5.56 Å². The molecule has 1 aromatic heterocycles. The average molecular weight is 230 g/mol. The van der Waals surface area contributed by atoms with E-state index in [9.17, 15) is 0 Å². The van der Waals surface area contributed by atoms with Gasteiger partial charge in [0.2, 0.25) is 5.95 Å². The smallest absolute Gasteiger partial charge is 0.225 e. The number of nitrogens with zero attached hydrogens (tertiary/aromatic N) is 3. The number of methoxy groups -OCH3 is 1. The molecule has 0 amide bonds. The van der Waals surface area contributed by atoms with Gasteiger partial charge in [0.25, 0.3) is 0 Å². The Morgan fingerprint density at radius 3 is 2.60 bits per heavy atom. The van der Waals surface area contributed by atoms with E-state index in [1.165, 1.54) is 0 Å². The number of ether oxygens (including phenoxy) is 1. The van der Waals surface area contributed by atoms with Gasteiger partial charge in [0.05, 0.1) is 12.0 Å². The molecule has 1 atom stereocenters. The quantitative estimate of drug-likeness (QED) is 0.717. The number of hydrogen-bond acceptors (Lipinski definition) is 4. The molecule has 0 spiro atoms. The van der Waals surface area contributed by atoms with Gasteiger partial charge >= 0.3 is 0 Å². The number of halogens is 1. The largest absolute Gasteiger partial charge is 0.383 e. The number of anilines is 1. The van der Waals surface area contributed by atoms with Gasteiger partial charge in [-0.15, -0.1) is 11.6 Å². The Kier molecular flexibility index (Phi) is 4.78. The molecule has 1 aromatic rings. The van der Waals surface area contributed by atoms with E-state index in [2.05, 4.69) is 9.97 Å². The molecule has 0 aliphatic rings. The van der Waals surface area contributed by atoms with Crippen LogP contribution >= 0.6 is 11.6 Å². The van der Waals surface area contributed by atoms with Gasteiger partial charge in [-0.1, -0.05) is 0 Å². The molecule has 0 radical (unpaired) electrons. The Balaban J connectivity index is 2.53. The Morgan fingerprint density at radius 2 is 2.07 bits per heavy atom. The lowest BCUT2D eigenvalue weighted by Crippen LogP contribution is -2.29. The maximum absolute atomic E-state index is 6.03. The molecule has 1 unspecified atom stereocenters. The van der Waals surface area contributed by atoms with Crippen LogP contribution in [-0.4, -0.2) is 42.7 Å². The molecular formula is C10H16ClN3O. The first-order valence-electron chi connectivity index (χ1n) is 4.76. The van der Waals surface area contributed by atoms with E-state index < -0.39 is 0 Å². The van der Waals surface area contributed by atoms with Gasteiger partial charge in [-0.25, -0.2) is 9.97 Å². The van der Waals surface area contributed by atoms with E-state index in [1.807, 2.05) is 18.9 Å². The van der Waals surface area contributed by atoms with Gasteiger partial charge < -0.3 is 9.64 Å². The summed E-state index contributed by atoms with van der Waals surface area (Å²) >= 11 is 6.03. The van der Waals surface area contributed by atoms with Crippen molar-refractivity contribution >= 4 is 17.5 Å². The molecule has 1 heterocycles. The molecule has 4 nitrogen and oxygen atoms in total. The van der Waals surface area contributed by atoms with Crippen LogP contribution < -0.4 is 4.90 Å². The SMILES string of the molecule is COCC(Cl)CN(C)c1ncc(C)cn1. The predicted molar refractivity (Wildman–Crippen MR) is 61.6 cm³/mol. The van der Waals surface area contributed by atoms with E-state index in [-0.39, 0.29) is 5.38 Å². The van der Waals surface area contributed by atoms with Crippen molar-refractivity contribution in [2.24, 2.45) is 0 Å². The van der Waals surface area contributed by atoms with E-state index >= 15 is 0 Å². The zero-order chi connectivity index (χ0) is 11.3. The molecule has 1 rings (SSSR count). The standard InChI is InChI=1S/C10H16ClN3O/c1-8-4-12-10(13-5-8)14(2)6-9(11)7-15-3/h4-5,9H,6-7H2,1-3H3. The first-order chi connectivity index (χ1) is 7.13. The third-order valence-corrected chi connectivity index (χ3v) is 2.19. The van der Waals surface area contributed by atoms with E-state index in [0.29, 0.717) is 19.1 Å². The van der Waals surface area contributed by atoms with Crippen molar-refractivity contribution in [1.82, 2.24) is 9.97 Å². The van der Waals surface area contributed by atoms with E-state index in [1.54, 1.807) is 19.5 Å². The second kappa shape index (κ2) is 5.88. The van der Waals surface area contributed by atoms with Crippen LogP contribution in [0.15, 0.2) is 12.4 Å². The lowest BCUT2D eigenvalue weighted by molar-refractivity contribution is 0.199. The summed E-state index contributed by atoms with van der Waals surface area (Å²) in [5.74, 6) is 0.683. The molecule has 0 saturated heterocycles. The highest BCUT2D eigenvalue weighted by atomic mass is 35.5. The molecule has 0 aromatic carbocycles. The third-order valence-electron chi connectivity index (χ3n) is 1.93. The van der Waals surface area contributed by atoms with Gasteiger partial charge in [0, 0.05) is 33.1 Å². The average Bonchev–Trinajstić information content (AvgIpc) is 2.18. The van der Waals surface area contributed by atoms with Crippen molar-refractivity contribution in [3.63, 3.8) is 0 Å². The number of aromatic nitrogens is 2. The van der Waals surface area contributed by atoms with Crippen molar-refractivity contribution in [2.75, 3.05) is 32.2 Å². The van der Waals surface area contributed by atoms with Crippen LogP contribution in [0.5, 0.6) is 0 Å². The molecule has 0 saturated carbocycles. The Bertz CT molecular complexity index is 291. The molecule has 5 heteroatoms. The molecule has 0 aliphatic carbocycles. The maximum atomic E-state index is 6.03. The second-order valence-corrected chi connectivity index (χ2v) is 4.11. The van der Waals surface area contributed by atoms with Crippen molar-refractivity contribution in [3.05, 3.63) is 18.0 Å². The molecule has 0 N–H and O–H groups in total. The van der Waals surface area contributed by atoms with Crippen molar-refractivity contribution in [3.8, 4) is 0 Å². The van der Waals surface area contributed by atoms with Crippen LogP contribution in [0.3, 0.4) is 0 Å². The highest BCUT2D eigenvalue weighted by molar-refractivity contribution is 6.21. The highest BCUT2D eigenvalue weighted by Gasteiger charge is 2.10. The number of alkyl halides is 1. The molecule has 0 bridgehead atoms. The fourth-order valence-electron chi connectivity index (χ4n) is 1.20. The Labute approximate surface area is 95.2 Å². The van der Waals surface area contributed by atoms with Crippen LogP contribution in [0.4, 0.5) is 5.95 Å². The fourth-order valence-corrected chi connectivity index (χ4v) is 1.53. The summed E-state index contributed by atoms with van der Waals surface area (Å²) < 4.78 is 4.96. The summed E-state index contributed by atoms with van der Waals surface area (Å²) in [6.07, 6.45) is 3.58. The van der Waals surface area contributed by atoms with Crippen molar-refractivity contribution in [1.29, 1.82) is 0 Å². The Hall–Kier alpha value is -0.870. The first-order valence-corrected chi connectivity index (χ1v) is 5.20. The minimum absolute atomic E-state index is 0.0510. The van der Waals surface area contributed by atoms with Crippen LogP contribution in [0, 0.1) is 6.92 Å². The minimum atomic E-state index is -0.0510. The van der Waals surface area contributed by atoms with Gasteiger partial charge in [-0.05, 0) is 12.5 Å². The first kappa shape index (κ1) is 12.2. The van der Waals surface area contributed by atoms with Gasteiger partial charge in [0.1, 0.15) is 0 Å². The highest BCUT2D eigenvalue weighted by Crippen LogP contribution is 2.07. The predicted octanol–water partition coefficient (Wildman–Crippen LogP) is 1.48. The zero-order valence-electron chi connectivity index (χ0n) is 9.27. The van der Waals surface area contributed by atoms with Gasteiger partial charge in [-0.3, -0.25) is 0 Å². The lowest BCUT2D eigenvalue weighted by atomic mass is 10.4. The fraction of sp³-hybridized carbons (Fsp3) is 0.600. The molecular weight excluding hydrogens is 214 g/mol. The number of hydrogen-bond donors (Lipinski definition) is 0. The van der Waals surface area contributed by atoms with Crippen LogP contribution in [0.2, 0.25) is 0 Å². The lowest BCUT2D eigenvalue weighted by Gasteiger charge is -2.19. The molecule has 0 fully saturated rings. The zero-order valence-corrected chi connectivity index (χ0v) is 10.0. The van der Waals surface area contributed by atoms with Gasteiger partial charge in [-0.2, -0.15) is 0 Å². The summed E-state index contributed by atoms with van der Waals surface area (Å²) in [5, 5.41) is -0.0510. The topological polar surface area (TPSA) is 38.2 Å². The molecule has 15 heavy (non-hydrogen) atoms. The van der Waals surface area contributed by atoms with Crippen molar-refractivity contribution < 1.29 is 4.74 Å². The van der Waals surface area contributed by atoms with Crippen LogP contribution in [0.25, 0.3) is 0 Å². The molecule has 84 valence electrons. The summed E-state index contributed by atoms with van der Waals surface area (Å²) in [6.45, 7) is 3.15. The number of rotatable bonds is 5. The third kappa shape index (κ3) is 4.01. The van der Waals surface area contributed by atoms with E-state index in [4.69, 9.17) is 16.3 Å². The Morgan fingerprint density at radius 1 is 1.47 bits per heavy atom. The van der Waals surface area contributed by atoms with Crippen molar-refractivity contribution in [2.45, 2.75) is 12.3 Å². The maximum Gasteiger partial charge on any atom is 0.225 e. The van der Waals surface area contributed by atoms with Gasteiger partial charge in [0.15, 0.2) is 0 Å². The molecule has 0 aliphatic heterocycles. The normalized spacial score (nSPS) is 12.5. The summed E-state index contributed by atoms with van der Waals surface area (Å²) in [5.41, 5.74) is 1.05. The summed E-state index contributed by atoms with van der Waals surface area (Å²) in [6, 6.07) is 0. The van der Waals surface area contributed by atoms with Crippen LogP contribution in [-0.2, 0) is 4.74 Å². The number of aryl methyl sites for hydroxylation is 1. The minimum Gasteiger partial charge on any atom is -0.383 e. The summed E-state index contributed by atoms with van der Waals surface area (Å²) in [7, 11) is 3.55.